The smallest absolute Gasteiger partial charge is 0.248 e. The summed E-state index contributed by atoms with van der Waals surface area (Å²) in [7, 11) is 0. The number of para-hydroxylation sites is 1. The highest BCUT2D eigenvalue weighted by molar-refractivity contribution is 5.95. The molecule has 0 unspecified atom stereocenters. The maximum atomic E-state index is 12.5. The molecule has 5 nitrogen and oxygen atoms in total. The van der Waals surface area contributed by atoms with Gasteiger partial charge in [0, 0.05) is 23.6 Å². The van der Waals surface area contributed by atoms with Crippen molar-refractivity contribution in [1.29, 1.82) is 0 Å². The predicted octanol–water partition coefficient (Wildman–Crippen LogP) is 2.72. The molecular formula is C17H21N3O2. The van der Waals surface area contributed by atoms with Crippen molar-refractivity contribution in [2.75, 3.05) is 6.61 Å². The lowest BCUT2D eigenvalue weighted by Crippen LogP contribution is -2.51. The minimum Gasteiger partial charge on any atom is -0.480 e. The summed E-state index contributed by atoms with van der Waals surface area (Å²) in [5, 5.41) is 1.15. The Hall–Kier alpha value is -2.30. The number of H-pyrrole nitrogens is 1. The van der Waals surface area contributed by atoms with Crippen molar-refractivity contribution in [1.82, 2.24) is 9.88 Å². The van der Waals surface area contributed by atoms with Crippen LogP contribution in [0.2, 0.25) is 0 Å². The van der Waals surface area contributed by atoms with E-state index in [1.165, 1.54) is 0 Å². The van der Waals surface area contributed by atoms with Gasteiger partial charge in [0.25, 0.3) is 0 Å². The van der Waals surface area contributed by atoms with E-state index < -0.39 is 0 Å². The van der Waals surface area contributed by atoms with Crippen LogP contribution in [-0.4, -0.2) is 40.4 Å². The largest absolute Gasteiger partial charge is 0.480 e. The fraction of sp³-hybridized carbons (Fsp3) is 0.412. The summed E-state index contributed by atoms with van der Waals surface area (Å²) in [5.74, 6) is 0.690. The lowest BCUT2D eigenvalue weighted by Gasteiger charge is -2.35. The monoisotopic (exact) mass is 299 g/mol. The van der Waals surface area contributed by atoms with Crippen LogP contribution in [0.1, 0.15) is 26.3 Å². The Bertz CT molecular complexity index is 720. The van der Waals surface area contributed by atoms with E-state index in [0.717, 1.165) is 16.5 Å². The Morgan fingerprint density at radius 3 is 2.86 bits per heavy atom. The Balaban J connectivity index is 1.90. The third kappa shape index (κ3) is 2.47. The molecule has 1 aromatic carbocycles. The average Bonchev–Trinajstić information content (AvgIpc) is 2.92. The topological polar surface area (TPSA) is 57.7 Å². The normalized spacial score (nSPS) is 22.0. The van der Waals surface area contributed by atoms with Crippen molar-refractivity contribution in [2.45, 2.75) is 39.4 Å². The van der Waals surface area contributed by atoms with Gasteiger partial charge in [0.2, 0.25) is 11.8 Å². The number of fused-ring (bicyclic) bond motifs is 1. The molecular weight excluding hydrogens is 278 g/mol. The molecule has 0 saturated heterocycles. The Morgan fingerprint density at radius 2 is 2.09 bits per heavy atom. The lowest BCUT2D eigenvalue weighted by atomic mass is 10.1. The van der Waals surface area contributed by atoms with E-state index in [1.54, 1.807) is 0 Å². The molecule has 5 heteroatoms. The first-order chi connectivity index (χ1) is 10.6. The molecule has 3 rings (SSSR count). The summed E-state index contributed by atoms with van der Waals surface area (Å²) >= 11 is 0. The summed E-state index contributed by atoms with van der Waals surface area (Å²) in [6, 6.07) is 7.59. The van der Waals surface area contributed by atoms with Gasteiger partial charge in [-0.3, -0.25) is 4.79 Å². The number of hydrogen-bond acceptors (Lipinski definition) is 3. The van der Waals surface area contributed by atoms with Gasteiger partial charge in [0.15, 0.2) is 0 Å². The maximum Gasteiger partial charge on any atom is 0.248 e. The minimum atomic E-state index is -0.386. The molecule has 1 N–H and O–H groups in total. The van der Waals surface area contributed by atoms with E-state index >= 15 is 0 Å². The fourth-order valence-electron chi connectivity index (χ4n) is 2.88. The molecule has 1 aliphatic heterocycles. The van der Waals surface area contributed by atoms with Gasteiger partial charge in [-0.1, -0.05) is 18.2 Å². The van der Waals surface area contributed by atoms with Crippen LogP contribution in [0.25, 0.3) is 10.9 Å². The number of benzene rings is 1. The van der Waals surface area contributed by atoms with Gasteiger partial charge in [-0.15, -0.1) is 0 Å². The van der Waals surface area contributed by atoms with Crippen molar-refractivity contribution in [3.8, 4) is 0 Å². The number of amides is 1. The van der Waals surface area contributed by atoms with Gasteiger partial charge in [0.1, 0.15) is 12.1 Å². The van der Waals surface area contributed by atoms with Crippen molar-refractivity contribution < 1.29 is 9.53 Å². The molecule has 1 aliphatic rings. The van der Waals surface area contributed by atoms with Crippen LogP contribution >= 0.6 is 0 Å². The molecule has 1 aromatic heterocycles. The number of rotatable bonds is 3. The third-order valence-electron chi connectivity index (χ3n) is 4.09. The highest BCUT2D eigenvalue weighted by Gasteiger charge is 2.34. The van der Waals surface area contributed by atoms with Crippen LogP contribution in [0.3, 0.4) is 0 Å². The molecule has 22 heavy (non-hydrogen) atoms. The minimum absolute atomic E-state index is 0.0428. The van der Waals surface area contributed by atoms with E-state index in [9.17, 15) is 4.79 Å². The van der Waals surface area contributed by atoms with Gasteiger partial charge in [-0.2, -0.15) is 0 Å². The van der Waals surface area contributed by atoms with Crippen molar-refractivity contribution in [3.05, 3.63) is 36.0 Å². The van der Waals surface area contributed by atoms with Gasteiger partial charge in [-0.05, 0) is 32.4 Å². The van der Waals surface area contributed by atoms with Crippen LogP contribution in [0.5, 0.6) is 0 Å². The summed E-state index contributed by atoms with van der Waals surface area (Å²) in [4.78, 5) is 22.0. The number of carbonyl (C=O) groups excluding carboxylic acids is 1. The third-order valence-corrected chi connectivity index (χ3v) is 4.09. The van der Waals surface area contributed by atoms with Gasteiger partial charge in [-0.25, -0.2) is 4.99 Å². The Kier molecular flexibility index (Phi) is 3.88. The first kappa shape index (κ1) is 14.6. The number of nitrogens with one attached hydrogen (secondary N) is 1. The summed E-state index contributed by atoms with van der Waals surface area (Å²) in [6.07, 6.45) is 1.97. The van der Waals surface area contributed by atoms with E-state index in [0.29, 0.717) is 19.0 Å². The fourth-order valence-corrected chi connectivity index (χ4v) is 2.88. The second-order valence-electron chi connectivity index (χ2n) is 5.58. The number of hydrogen-bond donors (Lipinski definition) is 1. The van der Waals surface area contributed by atoms with Crippen molar-refractivity contribution >= 4 is 22.7 Å². The number of carbonyl (C=O) groups is 1. The molecule has 2 aromatic rings. The van der Waals surface area contributed by atoms with Crippen LogP contribution in [0.15, 0.2) is 35.5 Å². The van der Waals surface area contributed by atoms with Crippen LogP contribution < -0.4 is 0 Å². The van der Waals surface area contributed by atoms with E-state index in [1.807, 2.05) is 50.1 Å². The first-order valence-electron chi connectivity index (χ1n) is 7.67. The van der Waals surface area contributed by atoms with Crippen LogP contribution in [-0.2, 0) is 16.1 Å². The SMILES string of the molecule is CCOC1=N[C@@H](C)C(=O)N(Cc2c[nH]c3ccccc23)[C@H]1C. The first-order valence-corrected chi connectivity index (χ1v) is 7.67. The van der Waals surface area contributed by atoms with Gasteiger partial charge in [0.05, 0.1) is 6.61 Å². The summed E-state index contributed by atoms with van der Waals surface area (Å²) < 4.78 is 5.60. The van der Waals surface area contributed by atoms with E-state index in [2.05, 4.69) is 16.0 Å². The second-order valence-corrected chi connectivity index (χ2v) is 5.58. The molecule has 1 amide bonds. The van der Waals surface area contributed by atoms with Gasteiger partial charge < -0.3 is 14.6 Å². The molecule has 0 saturated carbocycles. The molecule has 0 fully saturated rings. The molecule has 2 atom stereocenters. The number of nitrogens with zero attached hydrogens (tertiary/aromatic N) is 2. The molecule has 0 aliphatic carbocycles. The Labute approximate surface area is 130 Å². The number of aromatic nitrogens is 1. The molecule has 0 radical (unpaired) electrons. The highest BCUT2D eigenvalue weighted by Crippen LogP contribution is 2.23. The van der Waals surface area contributed by atoms with E-state index in [4.69, 9.17) is 4.74 Å². The number of aliphatic imine (C=N–C) groups is 1. The predicted molar refractivity (Wildman–Crippen MR) is 86.8 cm³/mol. The van der Waals surface area contributed by atoms with Crippen LogP contribution in [0.4, 0.5) is 0 Å². The molecule has 116 valence electrons. The maximum absolute atomic E-state index is 12.5. The number of aromatic amines is 1. The zero-order valence-electron chi connectivity index (χ0n) is 13.2. The second kappa shape index (κ2) is 5.83. The lowest BCUT2D eigenvalue weighted by molar-refractivity contribution is -0.134. The number of ether oxygens (including phenoxy) is 1. The highest BCUT2D eigenvalue weighted by atomic mass is 16.5. The standard InChI is InChI=1S/C17H21N3O2/c1-4-22-16-12(3)20(17(21)11(2)19-16)10-13-9-18-15-8-6-5-7-14(13)15/h5-9,11-12,18H,4,10H2,1-3H3/t11-,12-/m0/s1. The summed E-state index contributed by atoms with van der Waals surface area (Å²) in [5.41, 5.74) is 2.20. The van der Waals surface area contributed by atoms with Gasteiger partial charge >= 0.3 is 0 Å². The molecule has 0 spiro atoms. The zero-order valence-corrected chi connectivity index (χ0v) is 13.2. The van der Waals surface area contributed by atoms with E-state index in [-0.39, 0.29) is 18.0 Å². The molecule has 2 heterocycles. The molecule has 0 bridgehead atoms. The quantitative estimate of drug-likeness (QED) is 0.947. The average molecular weight is 299 g/mol. The summed E-state index contributed by atoms with van der Waals surface area (Å²) in [6.45, 7) is 6.83. The Morgan fingerprint density at radius 1 is 1.32 bits per heavy atom. The van der Waals surface area contributed by atoms with Crippen molar-refractivity contribution in [3.63, 3.8) is 0 Å². The van der Waals surface area contributed by atoms with Crippen molar-refractivity contribution in [2.24, 2.45) is 4.99 Å². The van der Waals surface area contributed by atoms with Crippen LogP contribution in [0, 0.1) is 0 Å². The zero-order chi connectivity index (χ0) is 15.7.